The van der Waals surface area contributed by atoms with Crippen molar-refractivity contribution in [3.05, 3.63) is 59.9 Å². The van der Waals surface area contributed by atoms with E-state index in [2.05, 4.69) is 29.1 Å². The van der Waals surface area contributed by atoms with Gasteiger partial charge in [-0.2, -0.15) is 0 Å². The van der Waals surface area contributed by atoms with Crippen molar-refractivity contribution >= 4 is 34.3 Å². The summed E-state index contributed by atoms with van der Waals surface area (Å²) >= 11 is 0. The molecule has 1 aromatic heterocycles. The van der Waals surface area contributed by atoms with Crippen molar-refractivity contribution < 1.29 is 24.3 Å². The Morgan fingerprint density at radius 2 is 1.80 bits per heavy atom. The summed E-state index contributed by atoms with van der Waals surface area (Å²) in [5.41, 5.74) is 1.58. The van der Waals surface area contributed by atoms with Crippen molar-refractivity contribution in [2.75, 3.05) is 31.6 Å². The number of nitrogens with one attached hydrogen (secondary N) is 2. The number of hydrogen-bond donors (Lipinski definition) is 2. The molecule has 1 heterocycles. The van der Waals surface area contributed by atoms with Crippen LogP contribution < -0.4 is 15.3 Å². The molecule has 0 radical (unpaired) electrons. The molecule has 8 heteroatoms. The molecule has 0 saturated carbocycles. The third-order valence-corrected chi connectivity index (χ3v) is 4.95. The quantitative estimate of drug-likeness (QED) is 0.505. The van der Waals surface area contributed by atoms with Crippen molar-refractivity contribution in [3.8, 4) is 0 Å². The van der Waals surface area contributed by atoms with Crippen LogP contribution in [0.25, 0.3) is 10.9 Å². The number of aromatic nitrogens is 2. The zero-order chi connectivity index (χ0) is 21.5. The molecule has 0 fully saturated rings. The van der Waals surface area contributed by atoms with Crippen molar-refractivity contribution in [2.24, 2.45) is 0 Å². The van der Waals surface area contributed by atoms with E-state index in [0.717, 1.165) is 19.6 Å². The Morgan fingerprint density at radius 3 is 2.47 bits per heavy atom. The highest BCUT2D eigenvalue weighted by atomic mass is 16.5. The van der Waals surface area contributed by atoms with Gasteiger partial charge in [0.1, 0.15) is 25.3 Å². The molecule has 0 saturated heterocycles. The Hall–Kier alpha value is -3.52. The largest absolute Gasteiger partial charge is 0.545 e. The number of anilines is 2. The smallest absolute Gasteiger partial charge is 0.338 e. The van der Waals surface area contributed by atoms with E-state index in [0.29, 0.717) is 34.6 Å². The second-order valence-electron chi connectivity index (χ2n) is 6.75. The van der Waals surface area contributed by atoms with E-state index < -0.39 is 5.97 Å². The van der Waals surface area contributed by atoms with Crippen LogP contribution in [0.3, 0.4) is 0 Å². The maximum absolute atomic E-state index is 12.2. The van der Waals surface area contributed by atoms with Crippen molar-refractivity contribution in [3.63, 3.8) is 0 Å². The van der Waals surface area contributed by atoms with Gasteiger partial charge in [-0.3, -0.25) is 0 Å². The first kappa shape index (κ1) is 21.2. The fourth-order valence-corrected chi connectivity index (χ4v) is 3.18. The Morgan fingerprint density at radius 1 is 1.07 bits per heavy atom. The highest BCUT2D eigenvalue weighted by Gasteiger charge is 2.12. The maximum atomic E-state index is 12.2. The Balaban J connectivity index is 1.72. The Bertz CT molecular complexity index is 1030. The molecule has 2 N–H and O–H groups in total. The molecule has 0 amide bonds. The number of benzene rings is 2. The van der Waals surface area contributed by atoms with Gasteiger partial charge in [-0.15, -0.1) is 0 Å². The van der Waals surface area contributed by atoms with E-state index in [-0.39, 0.29) is 11.5 Å². The highest BCUT2D eigenvalue weighted by Crippen LogP contribution is 2.26. The molecule has 0 atom stereocenters. The first-order valence-electron chi connectivity index (χ1n) is 9.86. The number of carboxylic acid groups (broad SMARTS) is 1. The van der Waals surface area contributed by atoms with Crippen LogP contribution in [0, 0.1) is 0 Å². The molecular formula is C22H24N4O4. The minimum absolute atomic E-state index is 0.00568. The summed E-state index contributed by atoms with van der Waals surface area (Å²) in [5, 5.41) is 14.9. The lowest BCUT2D eigenvalue weighted by Crippen LogP contribution is -3.11. The van der Waals surface area contributed by atoms with Gasteiger partial charge in [0.15, 0.2) is 0 Å². The number of esters is 1. The van der Waals surface area contributed by atoms with E-state index in [1.165, 1.54) is 17.3 Å². The third kappa shape index (κ3) is 4.90. The number of likely N-dealkylation sites (N-methyl/N-ethyl adjacent to an activating group) is 1. The standard InChI is InChI=1S/C22H24N4O4/c1-3-26(4-2)12-13-30-22(29)15-8-10-16(11-9-15)25-20-19-17(21(27)28)6-5-7-18(19)23-14-24-20/h5-11,14H,3-4,12-13H2,1-2H3,(H,27,28)(H,23,24,25). The monoisotopic (exact) mass is 408 g/mol. The van der Waals surface area contributed by atoms with E-state index in [9.17, 15) is 14.7 Å². The Kier molecular flexibility index (Phi) is 6.92. The fraction of sp³-hybridized carbons (Fsp3) is 0.273. The first-order chi connectivity index (χ1) is 14.5. The maximum Gasteiger partial charge on any atom is 0.338 e. The number of carbonyl (C=O) groups is 2. The molecule has 3 aromatic rings. The molecule has 0 aliphatic carbocycles. The van der Waals surface area contributed by atoms with E-state index >= 15 is 0 Å². The average molecular weight is 408 g/mol. The van der Waals surface area contributed by atoms with E-state index in [1.807, 2.05) is 0 Å². The molecule has 0 aliphatic heterocycles. The lowest BCUT2D eigenvalue weighted by molar-refractivity contribution is -0.896. The zero-order valence-corrected chi connectivity index (χ0v) is 17.0. The van der Waals surface area contributed by atoms with Crippen LogP contribution in [0.2, 0.25) is 0 Å². The summed E-state index contributed by atoms with van der Waals surface area (Å²) < 4.78 is 5.35. The van der Waals surface area contributed by atoms with Crippen LogP contribution >= 0.6 is 0 Å². The summed E-state index contributed by atoms with van der Waals surface area (Å²) in [4.78, 5) is 33.3. The molecule has 0 aliphatic rings. The van der Waals surface area contributed by atoms with Crippen LogP contribution in [0.1, 0.15) is 34.6 Å². The van der Waals surface area contributed by atoms with Crippen molar-refractivity contribution in [1.29, 1.82) is 0 Å². The Labute approximate surface area is 174 Å². The summed E-state index contributed by atoms with van der Waals surface area (Å²) in [7, 11) is 0. The summed E-state index contributed by atoms with van der Waals surface area (Å²) in [6.45, 7) is 7.33. The van der Waals surface area contributed by atoms with E-state index in [1.54, 1.807) is 36.4 Å². The summed E-state index contributed by atoms with van der Waals surface area (Å²) in [6, 6.07) is 11.5. The lowest BCUT2D eigenvalue weighted by Gasteiger charge is -2.15. The van der Waals surface area contributed by atoms with Crippen molar-refractivity contribution in [1.82, 2.24) is 9.97 Å². The SMILES string of the molecule is CC[NH+](CC)CCOC(=O)c1ccc(Nc2ncnc3cccc(C(=O)[O-])c23)cc1. The summed E-state index contributed by atoms with van der Waals surface area (Å²) in [6.07, 6.45) is 1.35. The number of quaternary nitrogens is 1. The predicted molar refractivity (Wildman–Crippen MR) is 111 cm³/mol. The van der Waals surface area contributed by atoms with Crippen LogP contribution in [-0.2, 0) is 4.74 Å². The highest BCUT2D eigenvalue weighted by molar-refractivity contribution is 6.06. The van der Waals surface area contributed by atoms with E-state index in [4.69, 9.17) is 4.74 Å². The van der Waals surface area contributed by atoms with Crippen molar-refractivity contribution in [2.45, 2.75) is 13.8 Å². The van der Waals surface area contributed by atoms with Gasteiger partial charge in [-0.1, -0.05) is 12.1 Å². The van der Waals surface area contributed by atoms with Gasteiger partial charge < -0.3 is 24.9 Å². The second kappa shape index (κ2) is 9.80. The fourth-order valence-electron chi connectivity index (χ4n) is 3.18. The van der Waals surface area contributed by atoms with Crippen LogP contribution in [0.5, 0.6) is 0 Å². The molecule has 156 valence electrons. The number of carbonyl (C=O) groups excluding carboxylic acids is 2. The average Bonchev–Trinajstić information content (AvgIpc) is 2.77. The lowest BCUT2D eigenvalue weighted by atomic mass is 10.1. The molecule has 3 rings (SSSR count). The number of nitrogens with zero attached hydrogens (tertiary/aromatic N) is 2. The number of rotatable bonds is 9. The van der Waals surface area contributed by atoms with Gasteiger partial charge in [0, 0.05) is 11.3 Å². The second-order valence-corrected chi connectivity index (χ2v) is 6.75. The molecule has 0 unspecified atom stereocenters. The van der Waals surface area contributed by atoms with Gasteiger partial charge in [0.2, 0.25) is 0 Å². The summed E-state index contributed by atoms with van der Waals surface area (Å²) in [5.74, 6) is -1.33. The zero-order valence-electron chi connectivity index (χ0n) is 17.0. The van der Waals surface area contributed by atoms with Gasteiger partial charge in [-0.25, -0.2) is 14.8 Å². The minimum Gasteiger partial charge on any atom is -0.545 e. The molecule has 2 aromatic carbocycles. The third-order valence-electron chi connectivity index (χ3n) is 4.95. The van der Waals surface area contributed by atoms with Crippen LogP contribution in [0.4, 0.5) is 11.5 Å². The number of ether oxygens (including phenoxy) is 1. The van der Waals surface area contributed by atoms with Crippen LogP contribution in [0.15, 0.2) is 48.8 Å². The topological polar surface area (TPSA) is 109 Å². The van der Waals surface area contributed by atoms with Gasteiger partial charge in [0.25, 0.3) is 0 Å². The predicted octanol–water partition coefficient (Wildman–Crippen LogP) is 0.818. The first-order valence-corrected chi connectivity index (χ1v) is 9.86. The number of carboxylic acids is 1. The van der Waals surface area contributed by atoms with Crippen LogP contribution in [-0.4, -0.2) is 48.1 Å². The normalized spacial score (nSPS) is 10.9. The molecule has 30 heavy (non-hydrogen) atoms. The number of fused-ring (bicyclic) bond motifs is 1. The van der Waals surface area contributed by atoms with Gasteiger partial charge in [-0.05, 0) is 44.2 Å². The molecule has 0 bridgehead atoms. The molecular weight excluding hydrogens is 384 g/mol. The van der Waals surface area contributed by atoms with Gasteiger partial charge >= 0.3 is 5.97 Å². The molecule has 0 spiro atoms. The molecule has 8 nitrogen and oxygen atoms in total. The minimum atomic E-state index is -1.30. The van der Waals surface area contributed by atoms with Gasteiger partial charge in [0.05, 0.1) is 35.5 Å². The number of hydrogen-bond acceptors (Lipinski definition) is 7. The number of aromatic carboxylic acids is 1.